The number of imidazole rings is 1. The van der Waals surface area contributed by atoms with Crippen LogP contribution in [0.5, 0.6) is 5.75 Å². The van der Waals surface area contributed by atoms with Crippen LogP contribution < -0.4 is 5.32 Å². The molecule has 4 heterocycles. The van der Waals surface area contributed by atoms with Crippen molar-refractivity contribution in [1.29, 1.82) is 0 Å². The third-order valence-electron chi connectivity index (χ3n) is 11.6. The average Bonchev–Trinajstić information content (AvgIpc) is 3.89. The van der Waals surface area contributed by atoms with E-state index < -0.39 is 12.1 Å². The first-order chi connectivity index (χ1) is 21.8. The highest BCUT2D eigenvalue weighted by molar-refractivity contribution is 5.86. The summed E-state index contributed by atoms with van der Waals surface area (Å²) >= 11 is 0. The number of hydrogen-bond acceptors (Lipinski definition) is 6. The molecule has 6 atom stereocenters. The molecule has 3 N–H and O–H groups in total. The number of aromatic hydroxyl groups is 1. The van der Waals surface area contributed by atoms with Crippen molar-refractivity contribution in [2.24, 2.45) is 5.92 Å². The van der Waals surface area contributed by atoms with Crippen molar-refractivity contribution in [1.82, 2.24) is 25.1 Å². The predicted molar refractivity (Wildman–Crippen MR) is 171 cm³/mol. The first kappa shape index (κ1) is 28.6. The number of aromatic nitrogens is 2. The van der Waals surface area contributed by atoms with Gasteiger partial charge in [-0.15, -0.1) is 0 Å². The molecule has 0 spiro atoms. The number of phenols is 1. The number of ether oxygens (including phenoxy) is 1. The molecule has 2 saturated heterocycles. The van der Waals surface area contributed by atoms with E-state index in [4.69, 9.17) is 9.72 Å². The Kier molecular flexibility index (Phi) is 6.75. The van der Waals surface area contributed by atoms with Crippen LogP contribution in [0.2, 0.25) is 0 Å². The summed E-state index contributed by atoms with van der Waals surface area (Å²) < 4.78 is 4.79. The summed E-state index contributed by atoms with van der Waals surface area (Å²) in [6.07, 6.45) is 8.96. The van der Waals surface area contributed by atoms with Crippen LogP contribution in [0, 0.1) is 5.92 Å². The second kappa shape index (κ2) is 10.6. The molecule has 1 saturated carbocycles. The Labute approximate surface area is 264 Å². The minimum absolute atomic E-state index is 0.0801. The SMILES string of the molecule is COC(=O)NC(C(=O)N1CCCC1c1nc(-c2ccc(-c3ccc(O)c4c3C3CCC4C3)c3c2C2CCC3N2C)c[nH]1)C(C)C. The maximum Gasteiger partial charge on any atom is 0.407 e. The van der Waals surface area contributed by atoms with Gasteiger partial charge in [0, 0.05) is 36.0 Å². The third kappa shape index (κ3) is 4.26. The fourth-order valence-electron chi connectivity index (χ4n) is 9.52. The number of rotatable bonds is 6. The lowest BCUT2D eigenvalue weighted by molar-refractivity contribution is -0.135. The fraction of sp³-hybridized carbons (Fsp3) is 0.528. The van der Waals surface area contributed by atoms with Crippen LogP contribution in [0.15, 0.2) is 30.5 Å². The molecule has 236 valence electrons. The lowest BCUT2D eigenvalue weighted by Gasteiger charge is -2.30. The summed E-state index contributed by atoms with van der Waals surface area (Å²) in [5.41, 5.74) is 10.1. The van der Waals surface area contributed by atoms with Crippen molar-refractivity contribution in [3.8, 4) is 28.1 Å². The largest absolute Gasteiger partial charge is 0.508 e. The van der Waals surface area contributed by atoms with Crippen molar-refractivity contribution < 1.29 is 19.4 Å². The second-order valence-electron chi connectivity index (χ2n) is 14.1. The van der Waals surface area contributed by atoms with Crippen LogP contribution in [0.3, 0.4) is 0 Å². The monoisotopic (exact) mass is 609 g/mol. The first-order valence-electron chi connectivity index (χ1n) is 16.7. The maximum atomic E-state index is 13.7. The number of fused-ring (bicyclic) bond motifs is 10. The number of aromatic amines is 1. The molecule has 9 nitrogen and oxygen atoms in total. The third-order valence-corrected chi connectivity index (χ3v) is 11.6. The molecule has 4 bridgehead atoms. The molecule has 2 amide bonds. The number of likely N-dealkylation sites (tertiary alicyclic amines) is 1. The van der Waals surface area contributed by atoms with Crippen LogP contribution in [0.25, 0.3) is 22.4 Å². The zero-order valence-electron chi connectivity index (χ0n) is 26.6. The summed E-state index contributed by atoms with van der Waals surface area (Å²) in [5, 5.41) is 13.6. The van der Waals surface area contributed by atoms with E-state index in [1.165, 1.54) is 59.8 Å². The van der Waals surface area contributed by atoms with Gasteiger partial charge in [0.15, 0.2) is 0 Å². The normalized spacial score (nSPS) is 26.9. The Hall–Kier alpha value is -3.85. The molecule has 1 aromatic heterocycles. The molecule has 2 aromatic carbocycles. The van der Waals surface area contributed by atoms with Gasteiger partial charge in [-0.25, -0.2) is 9.78 Å². The number of amides is 2. The van der Waals surface area contributed by atoms with Gasteiger partial charge >= 0.3 is 6.09 Å². The Morgan fingerprint density at radius 3 is 2.33 bits per heavy atom. The van der Waals surface area contributed by atoms with Gasteiger partial charge in [0.2, 0.25) is 5.91 Å². The van der Waals surface area contributed by atoms with E-state index in [1.807, 2.05) is 31.0 Å². The van der Waals surface area contributed by atoms with Gasteiger partial charge in [0.05, 0.1) is 18.8 Å². The average molecular weight is 610 g/mol. The van der Waals surface area contributed by atoms with Crippen LogP contribution in [0.1, 0.15) is 117 Å². The molecular formula is C36H43N5O4. The standard InChI is InChI=1S/C36H43N5O4/c1-18(2)33(39-36(44)45-4)35(43)41-15-5-6-27(41)34-37-17-24(38-34)23-10-9-22(31-25-12-13-26(32(23)31)40(25)3)21-11-14-28(42)30-20-8-7-19(16-20)29(21)30/h9-11,14,17-20,25-27,33,42H,5-8,12-13,15-16H2,1-4H3,(H,37,38)(H,39,44). The van der Waals surface area contributed by atoms with Gasteiger partial charge in [-0.05, 0) is 104 Å². The highest BCUT2D eigenvalue weighted by Crippen LogP contribution is 2.61. The molecule has 3 aliphatic heterocycles. The van der Waals surface area contributed by atoms with Gasteiger partial charge in [0.1, 0.15) is 17.6 Å². The zero-order chi connectivity index (χ0) is 31.1. The summed E-state index contributed by atoms with van der Waals surface area (Å²) in [6, 6.07) is 8.52. The van der Waals surface area contributed by atoms with E-state index in [0.29, 0.717) is 36.2 Å². The Morgan fingerprint density at radius 2 is 1.60 bits per heavy atom. The van der Waals surface area contributed by atoms with Gasteiger partial charge in [-0.2, -0.15) is 0 Å². The molecule has 8 rings (SSSR count). The minimum atomic E-state index is -0.661. The molecule has 45 heavy (non-hydrogen) atoms. The quantitative estimate of drug-likeness (QED) is 0.288. The van der Waals surface area contributed by atoms with Gasteiger partial charge < -0.3 is 25.0 Å². The smallest absolute Gasteiger partial charge is 0.407 e. The summed E-state index contributed by atoms with van der Waals surface area (Å²) in [5.74, 6) is 2.12. The minimum Gasteiger partial charge on any atom is -0.508 e. The molecule has 5 aliphatic rings. The zero-order valence-corrected chi connectivity index (χ0v) is 26.6. The maximum absolute atomic E-state index is 13.7. The number of benzene rings is 2. The molecule has 3 aromatic rings. The van der Waals surface area contributed by atoms with E-state index in [1.54, 1.807) is 0 Å². The van der Waals surface area contributed by atoms with Crippen LogP contribution in [0.4, 0.5) is 4.79 Å². The lowest BCUT2D eigenvalue weighted by Crippen LogP contribution is -2.51. The van der Waals surface area contributed by atoms with Crippen molar-refractivity contribution >= 4 is 12.0 Å². The number of alkyl carbamates (subject to hydrolysis) is 1. The van der Waals surface area contributed by atoms with E-state index in [9.17, 15) is 14.7 Å². The highest BCUT2D eigenvalue weighted by atomic mass is 16.5. The lowest BCUT2D eigenvalue weighted by atomic mass is 9.79. The number of nitrogens with one attached hydrogen (secondary N) is 2. The van der Waals surface area contributed by atoms with Crippen LogP contribution in [-0.2, 0) is 9.53 Å². The first-order valence-corrected chi connectivity index (χ1v) is 16.7. The number of H-pyrrole nitrogens is 1. The second-order valence-corrected chi connectivity index (χ2v) is 14.1. The van der Waals surface area contributed by atoms with E-state index in [-0.39, 0.29) is 17.9 Å². The predicted octanol–water partition coefficient (Wildman–Crippen LogP) is 6.68. The van der Waals surface area contributed by atoms with Crippen molar-refractivity contribution in [3.63, 3.8) is 0 Å². The van der Waals surface area contributed by atoms with Crippen molar-refractivity contribution in [2.75, 3.05) is 20.7 Å². The Morgan fingerprint density at radius 1 is 0.933 bits per heavy atom. The van der Waals surface area contributed by atoms with Crippen LogP contribution in [-0.4, -0.2) is 63.6 Å². The number of carbonyl (C=O) groups excluding carboxylic acids is 2. The topological polar surface area (TPSA) is 111 Å². The highest BCUT2D eigenvalue weighted by Gasteiger charge is 2.47. The summed E-state index contributed by atoms with van der Waals surface area (Å²) in [7, 11) is 3.57. The van der Waals surface area contributed by atoms with Gasteiger partial charge in [-0.3, -0.25) is 9.69 Å². The number of nitrogens with zero attached hydrogens (tertiary/aromatic N) is 3. The number of carbonyl (C=O) groups is 2. The summed E-state index contributed by atoms with van der Waals surface area (Å²) in [4.78, 5) is 38.7. The van der Waals surface area contributed by atoms with E-state index in [0.717, 1.165) is 42.8 Å². The van der Waals surface area contributed by atoms with E-state index in [2.05, 4.69) is 40.4 Å². The molecule has 0 radical (unpaired) electrons. The molecule has 9 heteroatoms. The summed E-state index contributed by atoms with van der Waals surface area (Å²) in [6.45, 7) is 4.49. The van der Waals surface area contributed by atoms with Gasteiger partial charge in [-0.1, -0.05) is 32.0 Å². The molecule has 2 aliphatic carbocycles. The molecule has 3 fully saturated rings. The van der Waals surface area contributed by atoms with E-state index >= 15 is 0 Å². The Bertz CT molecular complexity index is 1700. The number of hydrogen-bond donors (Lipinski definition) is 3. The van der Waals surface area contributed by atoms with Gasteiger partial charge in [0.25, 0.3) is 0 Å². The van der Waals surface area contributed by atoms with Crippen LogP contribution >= 0.6 is 0 Å². The van der Waals surface area contributed by atoms with Crippen molar-refractivity contribution in [3.05, 3.63) is 58.5 Å². The Balaban J connectivity index is 1.16. The number of phenolic OH excluding ortho intramolecular Hbond substituents is 1. The number of methoxy groups -OCH3 is 1. The molecular weight excluding hydrogens is 566 g/mol. The van der Waals surface area contributed by atoms with Crippen molar-refractivity contribution in [2.45, 2.75) is 94.8 Å². The fourth-order valence-corrected chi connectivity index (χ4v) is 9.52. The molecule has 6 unspecified atom stereocenters.